The molecule has 0 radical (unpaired) electrons. The third-order valence-corrected chi connectivity index (χ3v) is 5.20. The monoisotopic (exact) mass is 391 g/mol. The predicted molar refractivity (Wildman–Crippen MR) is 111 cm³/mol. The molecule has 0 saturated carbocycles. The van der Waals surface area contributed by atoms with E-state index in [1.165, 1.54) is 23.5 Å². The molecule has 2 aromatic carbocycles. The molecule has 0 spiro atoms. The molecule has 0 saturated heterocycles. The summed E-state index contributed by atoms with van der Waals surface area (Å²) in [5.74, 6) is 0.225. The van der Waals surface area contributed by atoms with Gasteiger partial charge in [-0.05, 0) is 42.8 Å². The molecule has 140 valence electrons. The number of nitrogens with one attached hydrogen (secondary N) is 1. The molecule has 0 fully saturated rings. The minimum absolute atomic E-state index is 0.0551. The van der Waals surface area contributed by atoms with E-state index in [4.69, 9.17) is 5.73 Å². The molecule has 0 amide bonds. The molecule has 5 nitrogen and oxygen atoms in total. The van der Waals surface area contributed by atoms with Crippen LogP contribution in [-0.2, 0) is 0 Å². The maximum atomic E-state index is 13.3. The minimum atomic E-state index is -0.295. The lowest BCUT2D eigenvalue weighted by Gasteiger charge is -2.14. The van der Waals surface area contributed by atoms with Crippen LogP contribution in [0.4, 0.5) is 15.5 Å². The molecular formula is C21H18FN5S. The number of halogens is 1. The summed E-state index contributed by atoms with van der Waals surface area (Å²) in [5.41, 5.74) is 9.28. The second kappa shape index (κ2) is 7.74. The van der Waals surface area contributed by atoms with Crippen molar-refractivity contribution in [2.45, 2.75) is 13.0 Å². The number of nitrogen functional groups attached to an aromatic ring is 1. The molecule has 0 bridgehead atoms. The number of nitrogens with zero attached hydrogens (tertiary/aromatic N) is 3. The van der Waals surface area contributed by atoms with E-state index in [0.29, 0.717) is 22.5 Å². The number of anilines is 2. The van der Waals surface area contributed by atoms with Crippen molar-refractivity contribution in [2.75, 3.05) is 11.1 Å². The van der Waals surface area contributed by atoms with Gasteiger partial charge in [0.2, 0.25) is 5.95 Å². The number of hydrogen-bond acceptors (Lipinski definition) is 6. The van der Waals surface area contributed by atoms with Gasteiger partial charge in [-0.15, -0.1) is 0 Å². The molecule has 1 atom stereocenters. The van der Waals surface area contributed by atoms with Crippen LogP contribution in [0.15, 0.2) is 66.9 Å². The molecule has 0 aliphatic rings. The van der Waals surface area contributed by atoms with Crippen molar-refractivity contribution in [1.82, 2.24) is 15.0 Å². The summed E-state index contributed by atoms with van der Waals surface area (Å²) in [5, 5.41) is 3.75. The van der Waals surface area contributed by atoms with Crippen LogP contribution in [-0.4, -0.2) is 15.0 Å². The molecule has 4 aromatic rings. The van der Waals surface area contributed by atoms with Gasteiger partial charge < -0.3 is 11.1 Å². The highest BCUT2D eigenvalue weighted by Gasteiger charge is 2.16. The topological polar surface area (TPSA) is 76.7 Å². The zero-order chi connectivity index (χ0) is 19.5. The standard InChI is InChI=1S/C21H18FN5S/c1-13(14-5-3-2-4-6-14)25-21-24-12-11-17(26-21)19-18(27-20(23)28-19)15-7-9-16(22)10-8-15/h2-13H,1H3,(H2,23,27)(H,24,25,26). The molecule has 2 heterocycles. The summed E-state index contributed by atoms with van der Waals surface area (Å²) in [4.78, 5) is 14.2. The maximum Gasteiger partial charge on any atom is 0.223 e. The summed E-state index contributed by atoms with van der Waals surface area (Å²) >= 11 is 1.35. The third kappa shape index (κ3) is 3.84. The highest BCUT2D eigenvalue weighted by atomic mass is 32.1. The molecule has 1 unspecified atom stereocenters. The predicted octanol–water partition coefficient (Wildman–Crippen LogP) is 5.16. The van der Waals surface area contributed by atoms with Crippen molar-refractivity contribution >= 4 is 22.4 Å². The largest absolute Gasteiger partial charge is 0.375 e. The lowest BCUT2D eigenvalue weighted by molar-refractivity contribution is 0.628. The average Bonchev–Trinajstić information content (AvgIpc) is 3.11. The van der Waals surface area contributed by atoms with E-state index in [1.54, 1.807) is 18.3 Å². The zero-order valence-electron chi connectivity index (χ0n) is 15.1. The Morgan fingerprint density at radius 1 is 1.00 bits per heavy atom. The highest BCUT2D eigenvalue weighted by molar-refractivity contribution is 7.19. The molecule has 0 aliphatic heterocycles. The average molecular weight is 391 g/mol. The van der Waals surface area contributed by atoms with Crippen molar-refractivity contribution in [1.29, 1.82) is 0 Å². The van der Waals surface area contributed by atoms with E-state index in [9.17, 15) is 4.39 Å². The molecule has 0 aliphatic carbocycles. The summed E-state index contributed by atoms with van der Waals surface area (Å²) < 4.78 is 13.3. The van der Waals surface area contributed by atoms with Gasteiger partial charge in [0, 0.05) is 11.8 Å². The van der Waals surface area contributed by atoms with E-state index in [2.05, 4.69) is 39.3 Å². The number of thiazole rings is 1. The number of hydrogen-bond donors (Lipinski definition) is 2. The molecule has 7 heteroatoms. The fraction of sp³-hybridized carbons (Fsp3) is 0.0952. The minimum Gasteiger partial charge on any atom is -0.375 e. The molecule has 28 heavy (non-hydrogen) atoms. The number of nitrogens with two attached hydrogens (primary N) is 1. The number of rotatable bonds is 5. The van der Waals surface area contributed by atoms with Crippen LogP contribution in [0, 0.1) is 5.82 Å². The third-order valence-electron chi connectivity index (χ3n) is 4.29. The summed E-state index contributed by atoms with van der Waals surface area (Å²) in [7, 11) is 0. The van der Waals surface area contributed by atoms with Gasteiger partial charge in [-0.2, -0.15) is 0 Å². The Morgan fingerprint density at radius 3 is 2.50 bits per heavy atom. The number of benzene rings is 2. The Labute approximate surface area is 166 Å². The lowest BCUT2D eigenvalue weighted by Crippen LogP contribution is -2.09. The SMILES string of the molecule is CC(Nc1nccc(-c2sc(N)nc2-c2ccc(F)cc2)n1)c1ccccc1. The lowest BCUT2D eigenvalue weighted by atomic mass is 10.1. The number of aromatic nitrogens is 3. The Bertz CT molecular complexity index is 1080. The Balaban J connectivity index is 1.66. The Morgan fingerprint density at radius 2 is 1.75 bits per heavy atom. The quantitative estimate of drug-likeness (QED) is 0.491. The Kier molecular flexibility index (Phi) is 4.99. The van der Waals surface area contributed by atoms with Gasteiger partial charge in [0.05, 0.1) is 22.3 Å². The summed E-state index contributed by atoms with van der Waals surface area (Å²) in [6, 6.07) is 18.1. The van der Waals surface area contributed by atoms with Crippen molar-refractivity contribution < 1.29 is 4.39 Å². The van der Waals surface area contributed by atoms with E-state index < -0.39 is 0 Å². The van der Waals surface area contributed by atoms with Crippen molar-refractivity contribution in [2.24, 2.45) is 0 Å². The van der Waals surface area contributed by atoms with Crippen molar-refractivity contribution in [3.05, 3.63) is 78.2 Å². The molecule has 3 N–H and O–H groups in total. The first-order chi connectivity index (χ1) is 13.6. The first-order valence-electron chi connectivity index (χ1n) is 8.77. The first kappa shape index (κ1) is 18.1. The molecule has 4 rings (SSSR count). The maximum absolute atomic E-state index is 13.3. The van der Waals surface area contributed by atoms with Crippen LogP contribution in [0.5, 0.6) is 0 Å². The van der Waals surface area contributed by atoms with Gasteiger partial charge in [-0.3, -0.25) is 0 Å². The van der Waals surface area contributed by atoms with Gasteiger partial charge in [0.25, 0.3) is 0 Å². The van der Waals surface area contributed by atoms with Gasteiger partial charge in [-0.1, -0.05) is 41.7 Å². The fourth-order valence-corrected chi connectivity index (χ4v) is 3.71. The van der Waals surface area contributed by atoms with Crippen LogP contribution < -0.4 is 11.1 Å². The highest BCUT2D eigenvalue weighted by Crippen LogP contribution is 2.37. The van der Waals surface area contributed by atoms with Gasteiger partial charge in [0.15, 0.2) is 5.13 Å². The van der Waals surface area contributed by atoms with Crippen molar-refractivity contribution in [3.8, 4) is 21.8 Å². The van der Waals surface area contributed by atoms with Crippen LogP contribution in [0.2, 0.25) is 0 Å². The van der Waals surface area contributed by atoms with E-state index in [-0.39, 0.29) is 11.9 Å². The smallest absolute Gasteiger partial charge is 0.223 e. The van der Waals surface area contributed by atoms with E-state index in [0.717, 1.165) is 16.0 Å². The van der Waals surface area contributed by atoms with Crippen LogP contribution in [0.3, 0.4) is 0 Å². The van der Waals surface area contributed by atoms with Crippen LogP contribution >= 0.6 is 11.3 Å². The summed E-state index contributed by atoms with van der Waals surface area (Å²) in [6.07, 6.45) is 1.70. The molecular weight excluding hydrogens is 373 g/mol. The summed E-state index contributed by atoms with van der Waals surface area (Å²) in [6.45, 7) is 2.06. The zero-order valence-corrected chi connectivity index (χ0v) is 15.9. The van der Waals surface area contributed by atoms with Gasteiger partial charge >= 0.3 is 0 Å². The van der Waals surface area contributed by atoms with E-state index in [1.807, 2.05) is 24.3 Å². The second-order valence-electron chi connectivity index (χ2n) is 6.28. The van der Waals surface area contributed by atoms with Gasteiger partial charge in [-0.25, -0.2) is 19.3 Å². The van der Waals surface area contributed by atoms with E-state index >= 15 is 0 Å². The van der Waals surface area contributed by atoms with Gasteiger partial charge in [0.1, 0.15) is 5.82 Å². The first-order valence-corrected chi connectivity index (χ1v) is 9.59. The van der Waals surface area contributed by atoms with Crippen LogP contribution in [0.1, 0.15) is 18.5 Å². The van der Waals surface area contributed by atoms with Crippen LogP contribution in [0.25, 0.3) is 21.8 Å². The second-order valence-corrected chi connectivity index (χ2v) is 7.31. The fourth-order valence-electron chi connectivity index (χ4n) is 2.89. The normalized spacial score (nSPS) is 11.9. The van der Waals surface area contributed by atoms with Crippen molar-refractivity contribution in [3.63, 3.8) is 0 Å². The Hall–Kier alpha value is -3.32. The molecule has 2 aromatic heterocycles.